The van der Waals surface area contributed by atoms with Gasteiger partial charge >= 0.3 is 0 Å². The van der Waals surface area contributed by atoms with E-state index in [2.05, 4.69) is 56.1 Å². The highest BCUT2D eigenvalue weighted by atomic mass is 16.5. The molecule has 1 aromatic carbocycles. The van der Waals surface area contributed by atoms with Crippen LogP contribution in [0.2, 0.25) is 0 Å². The summed E-state index contributed by atoms with van der Waals surface area (Å²) in [6.45, 7) is 7.28. The van der Waals surface area contributed by atoms with Crippen molar-refractivity contribution < 1.29 is 4.74 Å². The predicted molar refractivity (Wildman–Crippen MR) is 98.4 cm³/mol. The number of allylic oxidation sites excluding steroid dienone is 2. The molecule has 24 heavy (non-hydrogen) atoms. The van der Waals surface area contributed by atoms with Crippen molar-refractivity contribution >= 4 is 0 Å². The molecule has 2 heteroatoms. The highest BCUT2D eigenvalue weighted by molar-refractivity contribution is 5.36. The van der Waals surface area contributed by atoms with Crippen molar-refractivity contribution in [2.75, 3.05) is 0 Å². The lowest BCUT2D eigenvalue weighted by Gasteiger charge is -2.34. The van der Waals surface area contributed by atoms with Crippen LogP contribution in [0.3, 0.4) is 0 Å². The lowest BCUT2D eigenvalue weighted by atomic mass is 9.79. The molecule has 0 bridgehead atoms. The van der Waals surface area contributed by atoms with Crippen LogP contribution in [0.5, 0.6) is 0 Å². The van der Waals surface area contributed by atoms with Crippen molar-refractivity contribution in [1.29, 1.82) is 0 Å². The van der Waals surface area contributed by atoms with Crippen LogP contribution in [0.25, 0.3) is 0 Å². The topological polar surface area (TPSA) is 22.1 Å². The number of pyridine rings is 1. The maximum atomic E-state index is 6.41. The van der Waals surface area contributed by atoms with Gasteiger partial charge in [-0.2, -0.15) is 0 Å². The molecule has 1 aliphatic rings. The maximum absolute atomic E-state index is 6.41. The van der Waals surface area contributed by atoms with Crippen LogP contribution < -0.4 is 0 Å². The summed E-state index contributed by atoms with van der Waals surface area (Å²) in [7, 11) is 0. The van der Waals surface area contributed by atoms with Gasteiger partial charge in [0, 0.05) is 12.6 Å². The summed E-state index contributed by atoms with van der Waals surface area (Å²) in [4.78, 5) is 4.57. The van der Waals surface area contributed by atoms with Crippen molar-refractivity contribution in [2.45, 2.75) is 39.4 Å². The molecule has 2 aromatic rings. The second kappa shape index (κ2) is 6.74. The molecule has 0 aliphatic heterocycles. The zero-order valence-corrected chi connectivity index (χ0v) is 14.7. The van der Waals surface area contributed by atoms with E-state index in [1.54, 1.807) is 0 Å². The maximum Gasteiger partial charge on any atom is 0.132 e. The minimum absolute atomic E-state index is 0.145. The summed E-state index contributed by atoms with van der Waals surface area (Å²) in [6.07, 6.45) is 9.31. The molecule has 1 unspecified atom stereocenters. The van der Waals surface area contributed by atoms with Gasteiger partial charge < -0.3 is 4.74 Å². The van der Waals surface area contributed by atoms with E-state index in [0.29, 0.717) is 6.61 Å². The normalized spacial score (nSPS) is 20.7. The van der Waals surface area contributed by atoms with Gasteiger partial charge in [-0.15, -0.1) is 0 Å². The second-order valence-electron chi connectivity index (χ2n) is 7.33. The third-order valence-electron chi connectivity index (χ3n) is 4.46. The first-order chi connectivity index (χ1) is 11.5. The monoisotopic (exact) mass is 319 g/mol. The molecule has 1 heterocycles. The van der Waals surface area contributed by atoms with Crippen LogP contribution >= 0.6 is 0 Å². The van der Waals surface area contributed by atoms with Gasteiger partial charge in [0.05, 0.1) is 12.3 Å². The van der Waals surface area contributed by atoms with Crippen LogP contribution in [0, 0.1) is 5.41 Å². The molecule has 1 aliphatic carbocycles. The van der Waals surface area contributed by atoms with Crippen LogP contribution in [-0.2, 0) is 16.9 Å². The SMILES string of the molecule is CC(C)(C)C1=CCC(OCc2ccccc2)(c2ccccn2)C=C1. The average Bonchev–Trinajstić information content (AvgIpc) is 2.61. The number of benzene rings is 1. The summed E-state index contributed by atoms with van der Waals surface area (Å²) < 4.78 is 6.41. The van der Waals surface area contributed by atoms with E-state index >= 15 is 0 Å². The van der Waals surface area contributed by atoms with E-state index in [1.807, 2.05) is 42.6 Å². The van der Waals surface area contributed by atoms with Gasteiger partial charge in [0.25, 0.3) is 0 Å². The first-order valence-corrected chi connectivity index (χ1v) is 8.49. The average molecular weight is 319 g/mol. The van der Waals surface area contributed by atoms with E-state index in [4.69, 9.17) is 4.74 Å². The van der Waals surface area contributed by atoms with E-state index in [1.165, 1.54) is 11.1 Å². The molecular weight excluding hydrogens is 294 g/mol. The first-order valence-electron chi connectivity index (χ1n) is 8.49. The molecule has 1 atom stereocenters. The first kappa shape index (κ1) is 16.7. The number of aromatic nitrogens is 1. The van der Waals surface area contributed by atoms with Gasteiger partial charge in [0.15, 0.2) is 0 Å². The molecule has 3 rings (SSSR count). The summed E-state index contributed by atoms with van der Waals surface area (Å²) in [5.41, 5.74) is 3.13. The quantitative estimate of drug-likeness (QED) is 0.750. The Bertz CT molecular complexity index is 726. The van der Waals surface area contributed by atoms with Gasteiger partial charge in [-0.25, -0.2) is 0 Å². The predicted octanol–water partition coefficient (Wildman–Crippen LogP) is 5.43. The van der Waals surface area contributed by atoms with Crippen molar-refractivity contribution in [1.82, 2.24) is 4.98 Å². The van der Waals surface area contributed by atoms with Crippen molar-refractivity contribution in [3.8, 4) is 0 Å². The molecule has 0 saturated heterocycles. The van der Waals surface area contributed by atoms with Gasteiger partial charge in [-0.3, -0.25) is 4.98 Å². The second-order valence-corrected chi connectivity index (χ2v) is 7.33. The third kappa shape index (κ3) is 3.65. The fourth-order valence-corrected chi connectivity index (χ4v) is 2.95. The number of hydrogen-bond donors (Lipinski definition) is 0. The molecule has 0 radical (unpaired) electrons. The molecule has 0 fully saturated rings. The highest BCUT2D eigenvalue weighted by Crippen LogP contribution is 2.39. The van der Waals surface area contributed by atoms with E-state index in [9.17, 15) is 0 Å². The Balaban J connectivity index is 1.87. The van der Waals surface area contributed by atoms with E-state index in [-0.39, 0.29) is 5.41 Å². The summed E-state index contributed by atoms with van der Waals surface area (Å²) >= 11 is 0. The van der Waals surface area contributed by atoms with Crippen molar-refractivity contribution in [3.05, 3.63) is 89.8 Å². The van der Waals surface area contributed by atoms with E-state index in [0.717, 1.165) is 12.1 Å². The molecule has 124 valence electrons. The third-order valence-corrected chi connectivity index (χ3v) is 4.46. The van der Waals surface area contributed by atoms with Crippen molar-refractivity contribution in [2.24, 2.45) is 5.41 Å². The Hall–Kier alpha value is -2.19. The number of nitrogens with zero attached hydrogens (tertiary/aromatic N) is 1. The summed E-state index contributed by atoms with van der Waals surface area (Å²) in [5.74, 6) is 0. The van der Waals surface area contributed by atoms with E-state index < -0.39 is 5.60 Å². The lowest BCUT2D eigenvalue weighted by molar-refractivity contribution is -0.0269. The highest BCUT2D eigenvalue weighted by Gasteiger charge is 2.34. The Labute approximate surface area is 144 Å². The Morgan fingerprint density at radius 1 is 1.04 bits per heavy atom. The minimum atomic E-state index is -0.494. The van der Waals surface area contributed by atoms with Gasteiger partial charge in [-0.05, 0) is 34.8 Å². The molecule has 0 saturated carbocycles. The van der Waals surface area contributed by atoms with Crippen LogP contribution in [0.15, 0.2) is 78.5 Å². The zero-order chi connectivity index (χ0) is 17.0. The Kier molecular flexibility index (Phi) is 4.68. The Morgan fingerprint density at radius 3 is 2.38 bits per heavy atom. The summed E-state index contributed by atoms with van der Waals surface area (Å²) in [6, 6.07) is 16.3. The summed E-state index contributed by atoms with van der Waals surface area (Å²) in [5, 5.41) is 0. The Morgan fingerprint density at radius 2 is 1.79 bits per heavy atom. The molecule has 2 nitrogen and oxygen atoms in total. The lowest BCUT2D eigenvalue weighted by Crippen LogP contribution is -2.30. The molecule has 0 amide bonds. The van der Waals surface area contributed by atoms with Gasteiger partial charge in [0.1, 0.15) is 5.60 Å². The smallest absolute Gasteiger partial charge is 0.132 e. The fourth-order valence-electron chi connectivity index (χ4n) is 2.95. The van der Waals surface area contributed by atoms with Crippen molar-refractivity contribution in [3.63, 3.8) is 0 Å². The molecule has 1 aromatic heterocycles. The number of hydrogen-bond acceptors (Lipinski definition) is 2. The standard InChI is InChI=1S/C22H25NO/c1-21(2,3)19-12-14-22(15-13-19,20-11-7-8-16-23-20)24-17-18-9-5-4-6-10-18/h4-14,16H,15,17H2,1-3H3. The molecule has 0 N–H and O–H groups in total. The number of ether oxygens (including phenoxy) is 1. The van der Waals surface area contributed by atoms with Crippen LogP contribution in [0.1, 0.15) is 38.4 Å². The van der Waals surface area contributed by atoms with Crippen LogP contribution in [0.4, 0.5) is 0 Å². The minimum Gasteiger partial charge on any atom is -0.360 e. The fraction of sp³-hybridized carbons (Fsp3) is 0.318. The van der Waals surface area contributed by atoms with Gasteiger partial charge in [0.2, 0.25) is 0 Å². The largest absolute Gasteiger partial charge is 0.360 e. The molecule has 0 spiro atoms. The number of rotatable bonds is 4. The van der Waals surface area contributed by atoms with Crippen LogP contribution in [-0.4, -0.2) is 4.98 Å². The zero-order valence-electron chi connectivity index (χ0n) is 14.7. The molecular formula is C22H25NO. The van der Waals surface area contributed by atoms with Gasteiger partial charge in [-0.1, -0.05) is 69.3 Å².